The predicted molar refractivity (Wildman–Crippen MR) is 101 cm³/mol. The maximum atomic E-state index is 12.4. The zero-order chi connectivity index (χ0) is 18.4. The van der Waals surface area contributed by atoms with E-state index in [1.165, 1.54) is 29.7 Å². The quantitative estimate of drug-likeness (QED) is 0.881. The van der Waals surface area contributed by atoms with E-state index in [0.717, 1.165) is 12.8 Å². The van der Waals surface area contributed by atoms with E-state index in [1.54, 1.807) is 19.1 Å². The first-order valence-electron chi connectivity index (χ1n) is 9.16. The standard InChI is InChI=1S/C21H23NO3S/c1-2-26(24,25)18-9-7-16(8-10-18)20(23)22-14-17-13-21(17)12-11-15-5-3-4-6-19(15)21/h3-10,17H,2,11-14H2,1H3,(H,22,23). The topological polar surface area (TPSA) is 63.2 Å². The van der Waals surface area contributed by atoms with E-state index in [-0.39, 0.29) is 22.0 Å². The molecule has 136 valence electrons. The van der Waals surface area contributed by atoms with E-state index in [4.69, 9.17) is 0 Å². The summed E-state index contributed by atoms with van der Waals surface area (Å²) in [7, 11) is -3.23. The van der Waals surface area contributed by atoms with E-state index < -0.39 is 9.84 Å². The van der Waals surface area contributed by atoms with Gasteiger partial charge in [0.15, 0.2) is 9.84 Å². The van der Waals surface area contributed by atoms with Gasteiger partial charge in [0.05, 0.1) is 10.6 Å². The number of hydrogen-bond acceptors (Lipinski definition) is 3. The number of benzene rings is 2. The number of sulfone groups is 1. The lowest BCUT2D eigenvalue weighted by Crippen LogP contribution is -2.27. The monoisotopic (exact) mass is 369 g/mol. The lowest BCUT2D eigenvalue weighted by atomic mass is 9.95. The molecule has 4 nitrogen and oxygen atoms in total. The summed E-state index contributed by atoms with van der Waals surface area (Å²) in [5.74, 6) is 0.415. The van der Waals surface area contributed by atoms with Gasteiger partial charge in [-0.2, -0.15) is 0 Å². The van der Waals surface area contributed by atoms with Gasteiger partial charge < -0.3 is 5.32 Å². The third-order valence-corrected chi connectivity index (χ3v) is 7.74. The highest BCUT2D eigenvalue weighted by Gasteiger charge is 2.57. The Balaban J connectivity index is 1.39. The van der Waals surface area contributed by atoms with Gasteiger partial charge >= 0.3 is 0 Å². The maximum Gasteiger partial charge on any atom is 0.251 e. The van der Waals surface area contributed by atoms with Crippen molar-refractivity contribution >= 4 is 15.7 Å². The zero-order valence-corrected chi connectivity index (χ0v) is 15.7. The Hall–Kier alpha value is -2.14. The Morgan fingerprint density at radius 3 is 2.62 bits per heavy atom. The van der Waals surface area contributed by atoms with Gasteiger partial charge in [0.25, 0.3) is 5.91 Å². The molecule has 0 heterocycles. The van der Waals surface area contributed by atoms with Gasteiger partial charge in [-0.3, -0.25) is 4.79 Å². The first-order chi connectivity index (χ1) is 12.5. The second kappa shape index (κ2) is 6.23. The van der Waals surface area contributed by atoms with E-state index in [1.807, 2.05) is 0 Å². The summed E-state index contributed by atoms with van der Waals surface area (Å²) >= 11 is 0. The molecule has 1 N–H and O–H groups in total. The molecule has 2 aliphatic rings. The first-order valence-corrected chi connectivity index (χ1v) is 10.8. The third kappa shape index (κ3) is 2.84. The molecule has 1 amide bonds. The van der Waals surface area contributed by atoms with Crippen LogP contribution >= 0.6 is 0 Å². The summed E-state index contributed by atoms with van der Waals surface area (Å²) in [5.41, 5.74) is 3.69. The van der Waals surface area contributed by atoms with Crippen LogP contribution in [-0.4, -0.2) is 26.6 Å². The summed E-state index contributed by atoms with van der Waals surface area (Å²) in [6.07, 6.45) is 3.45. The van der Waals surface area contributed by atoms with Crippen LogP contribution in [0.2, 0.25) is 0 Å². The van der Waals surface area contributed by atoms with Crippen molar-refractivity contribution in [2.24, 2.45) is 5.92 Å². The number of carbonyl (C=O) groups is 1. The predicted octanol–water partition coefficient (Wildman–Crippen LogP) is 3.11. The average molecular weight is 369 g/mol. The minimum absolute atomic E-state index is 0.0593. The summed E-state index contributed by atoms with van der Waals surface area (Å²) in [4.78, 5) is 12.7. The SMILES string of the molecule is CCS(=O)(=O)c1ccc(C(=O)NCC2CC23CCc2ccccc23)cc1. The Morgan fingerprint density at radius 2 is 1.88 bits per heavy atom. The summed E-state index contributed by atoms with van der Waals surface area (Å²) in [6, 6.07) is 14.8. The number of amides is 1. The van der Waals surface area contributed by atoms with Gasteiger partial charge in [-0.1, -0.05) is 31.2 Å². The Morgan fingerprint density at radius 1 is 1.15 bits per heavy atom. The summed E-state index contributed by atoms with van der Waals surface area (Å²) < 4.78 is 23.7. The molecular weight excluding hydrogens is 346 g/mol. The molecular formula is C21H23NO3S. The van der Waals surface area contributed by atoms with Crippen LogP contribution in [0.1, 0.15) is 41.3 Å². The lowest BCUT2D eigenvalue weighted by molar-refractivity contribution is 0.0951. The second-order valence-electron chi connectivity index (χ2n) is 7.35. The fourth-order valence-electron chi connectivity index (χ4n) is 4.30. The Bertz CT molecular complexity index is 949. The van der Waals surface area contributed by atoms with Crippen LogP contribution in [0.3, 0.4) is 0 Å². The van der Waals surface area contributed by atoms with Gasteiger partial charge in [-0.15, -0.1) is 0 Å². The van der Waals surface area contributed by atoms with Crippen molar-refractivity contribution in [3.05, 3.63) is 65.2 Å². The van der Waals surface area contributed by atoms with Crippen LogP contribution in [-0.2, 0) is 21.7 Å². The third-order valence-electron chi connectivity index (χ3n) is 5.99. The van der Waals surface area contributed by atoms with Crippen LogP contribution in [0, 0.1) is 5.92 Å². The molecule has 1 spiro atoms. The van der Waals surface area contributed by atoms with Crippen molar-refractivity contribution in [1.29, 1.82) is 0 Å². The molecule has 0 aliphatic heterocycles. The number of aryl methyl sites for hydroxylation is 1. The van der Waals surface area contributed by atoms with Crippen LogP contribution in [0.25, 0.3) is 0 Å². The fraction of sp³-hybridized carbons (Fsp3) is 0.381. The minimum Gasteiger partial charge on any atom is -0.352 e. The van der Waals surface area contributed by atoms with Gasteiger partial charge in [-0.25, -0.2) is 8.42 Å². The second-order valence-corrected chi connectivity index (χ2v) is 9.63. The molecule has 2 atom stereocenters. The normalized spacial score (nSPS) is 23.7. The van der Waals surface area contributed by atoms with Crippen molar-refractivity contribution in [1.82, 2.24) is 5.32 Å². The van der Waals surface area contributed by atoms with Crippen molar-refractivity contribution in [2.75, 3.05) is 12.3 Å². The minimum atomic E-state index is -3.23. The molecule has 1 saturated carbocycles. The number of fused-ring (bicyclic) bond motifs is 2. The molecule has 0 saturated heterocycles. The van der Waals surface area contributed by atoms with Crippen LogP contribution in [0.15, 0.2) is 53.4 Å². The fourth-order valence-corrected chi connectivity index (χ4v) is 5.18. The van der Waals surface area contributed by atoms with Crippen molar-refractivity contribution in [3.8, 4) is 0 Å². The van der Waals surface area contributed by atoms with Crippen LogP contribution < -0.4 is 5.32 Å². The summed E-state index contributed by atoms with van der Waals surface area (Å²) in [6.45, 7) is 2.28. The molecule has 1 fully saturated rings. The highest BCUT2D eigenvalue weighted by atomic mass is 32.2. The van der Waals surface area contributed by atoms with Crippen LogP contribution in [0.5, 0.6) is 0 Å². The van der Waals surface area contributed by atoms with Crippen molar-refractivity contribution in [3.63, 3.8) is 0 Å². The number of carbonyl (C=O) groups excluding carboxylic acids is 1. The number of hydrogen-bond donors (Lipinski definition) is 1. The number of rotatable bonds is 5. The van der Waals surface area contributed by atoms with Gasteiger partial charge in [0.1, 0.15) is 0 Å². The smallest absolute Gasteiger partial charge is 0.251 e. The van der Waals surface area contributed by atoms with Crippen LogP contribution in [0.4, 0.5) is 0 Å². The molecule has 4 rings (SSSR count). The molecule has 2 aliphatic carbocycles. The Labute approximate surface area is 154 Å². The molecule has 26 heavy (non-hydrogen) atoms. The van der Waals surface area contributed by atoms with E-state index >= 15 is 0 Å². The highest BCUT2D eigenvalue weighted by Crippen LogP contribution is 2.61. The van der Waals surface area contributed by atoms with E-state index in [2.05, 4.69) is 29.6 Å². The van der Waals surface area contributed by atoms with Crippen molar-refractivity contribution in [2.45, 2.75) is 36.5 Å². The van der Waals surface area contributed by atoms with Gasteiger partial charge in [0, 0.05) is 17.5 Å². The van der Waals surface area contributed by atoms with Crippen molar-refractivity contribution < 1.29 is 13.2 Å². The van der Waals surface area contributed by atoms with E-state index in [9.17, 15) is 13.2 Å². The average Bonchev–Trinajstić information content (AvgIpc) is 3.26. The summed E-state index contributed by atoms with van der Waals surface area (Å²) in [5, 5.41) is 3.03. The zero-order valence-electron chi connectivity index (χ0n) is 14.9. The van der Waals surface area contributed by atoms with Gasteiger partial charge in [-0.05, 0) is 60.6 Å². The maximum absolute atomic E-state index is 12.4. The molecule has 0 aromatic heterocycles. The molecule has 2 aromatic carbocycles. The Kier molecular flexibility index (Phi) is 4.14. The van der Waals surface area contributed by atoms with Gasteiger partial charge in [0.2, 0.25) is 0 Å². The van der Waals surface area contributed by atoms with E-state index in [0.29, 0.717) is 18.0 Å². The molecule has 0 radical (unpaired) electrons. The first kappa shape index (κ1) is 17.3. The lowest BCUT2D eigenvalue weighted by Gasteiger charge is -2.12. The molecule has 2 aromatic rings. The highest BCUT2D eigenvalue weighted by molar-refractivity contribution is 7.91. The number of nitrogens with one attached hydrogen (secondary N) is 1. The molecule has 5 heteroatoms. The molecule has 0 bridgehead atoms. The molecule has 2 unspecified atom stereocenters. The largest absolute Gasteiger partial charge is 0.352 e.